The van der Waals surface area contributed by atoms with Gasteiger partial charge in [0, 0.05) is 18.5 Å². The molecule has 2 rings (SSSR count). The van der Waals surface area contributed by atoms with E-state index in [4.69, 9.17) is 4.42 Å². The van der Waals surface area contributed by atoms with Gasteiger partial charge in [-0.2, -0.15) is 0 Å². The summed E-state index contributed by atoms with van der Waals surface area (Å²) in [5.41, 5.74) is 1.85. The van der Waals surface area contributed by atoms with Crippen molar-refractivity contribution in [2.24, 2.45) is 0 Å². The fourth-order valence-electron chi connectivity index (χ4n) is 2.02. The third-order valence-corrected chi connectivity index (χ3v) is 3.06. The summed E-state index contributed by atoms with van der Waals surface area (Å²) >= 11 is 0. The van der Waals surface area contributed by atoms with Crippen LogP contribution >= 0.6 is 0 Å². The van der Waals surface area contributed by atoms with E-state index < -0.39 is 0 Å². The number of hydrogen-bond donors (Lipinski definition) is 0. The molecule has 0 radical (unpaired) electrons. The highest BCUT2D eigenvalue weighted by Gasteiger charge is 2.11. The monoisotopic (exact) mass is 247 g/mol. The van der Waals surface area contributed by atoms with Gasteiger partial charge in [-0.05, 0) is 31.5 Å². The lowest BCUT2D eigenvalue weighted by atomic mass is 10.1. The van der Waals surface area contributed by atoms with E-state index in [1.807, 2.05) is 6.92 Å². The summed E-state index contributed by atoms with van der Waals surface area (Å²) in [7, 11) is 0. The molecule has 0 amide bonds. The average molecular weight is 247 g/mol. The molecule has 96 valence electrons. The lowest BCUT2D eigenvalue weighted by molar-refractivity contribution is 0.0980. The first kappa shape index (κ1) is 12.6. The van der Waals surface area contributed by atoms with Crippen molar-refractivity contribution >= 4 is 16.9 Å². The van der Waals surface area contributed by atoms with Gasteiger partial charge in [-0.25, -0.2) is 4.79 Å². The number of fused-ring (bicyclic) bond motifs is 1. The van der Waals surface area contributed by atoms with Crippen molar-refractivity contribution in [1.82, 2.24) is 4.57 Å². The Morgan fingerprint density at radius 2 is 2.11 bits per heavy atom. The molecule has 0 unspecified atom stereocenters. The molecule has 0 spiro atoms. The number of ketones is 1. The third-order valence-electron chi connectivity index (χ3n) is 3.06. The van der Waals surface area contributed by atoms with Gasteiger partial charge in [-0.3, -0.25) is 9.36 Å². The average Bonchev–Trinajstić information content (AvgIpc) is 2.69. The van der Waals surface area contributed by atoms with E-state index in [1.54, 1.807) is 22.8 Å². The Balaban J connectivity index is 2.39. The molecular weight excluding hydrogens is 230 g/mol. The maximum atomic E-state index is 11.9. The van der Waals surface area contributed by atoms with Gasteiger partial charge in [0.2, 0.25) is 0 Å². The van der Waals surface area contributed by atoms with E-state index in [2.05, 4.69) is 6.92 Å². The van der Waals surface area contributed by atoms with Crippen LogP contribution in [0.1, 0.15) is 43.5 Å². The van der Waals surface area contributed by atoms with Gasteiger partial charge in [-0.1, -0.05) is 13.3 Å². The first-order valence-electron chi connectivity index (χ1n) is 6.34. The number of carbonyl (C=O) groups excluding carboxylic acids is 1. The Bertz CT molecular complexity index is 621. The molecule has 0 bridgehead atoms. The topological polar surface area (TPSA) is 52.2 Å². The maximum absolute atomic E-state index is 11.9. The summed E-state index contributed by atoms with van der Waals surface area (Å²) < 4.78 is 6.69. The molecule has 2 aromatic rings. The molecule has 0 saturated carbocycles. The lowest BCUT2D eigenvalue weighted by Crippen LogP contribution is -2.11. The van der Waals surface area contributed by atoms with Gasteiger partial charge in [0.1, 0.15) is 0 Å². The molecule has 4 heteroatoms. The number of unbranched alkanes of at least 4 members (excludes halogenated alkanes) is 1. The second-order valence-corrected chi connectivity index (χ2v) is 4.32. The van der Waals surface area contributed by atoms with Crippen molar-refractivity contribution in [3.8, 4) is 0 Å². The van der Waals surface area contributed by atoms with Crippen LogP contribution in [0.3, 0.4) is 0 Å². The highest BCUT2D eigenvalue weighted by Crippen LogP contribution is 2.17. The maximum Gasteiger partial charge on any atom is 0.419 e. The SMILES string of the molecule is CCCCC(=O)c1ccc2c(c1)oc(=O)n2CC. The van der Waals surface area contributed by atoms with Crippen LogP contribution in [0.4, 0.5) is 0 Å². The highest BCUT2D eigenvalue weighted by atomic mass is 16.4. The van der Waals surface area contributed by atoms with Crippen LogP contribution < -0.4 is 5.76 Å². The Hall–Kier alpha value is -1.84. The first-order chi connectivity index (χ1) is 8.67. The van der Waals surface area contributed by atoms with Gasteiger partial charge >= 0.3 is 5.76 Å². The molecule has 0 atom stereocenters. The molecule has 0 fully saturated rings. The van der Waals surface area contributed by atoms with E-state index in [9.17, 15) is 9.59 Å². The molecule has 0 aliphatic carbocycles. The molecule has 4 nitrogen and oxygen atoms in total. The first-order valence-corrected chi connectivity index (χ1v) is 6.34. The van der Waals surface area contributed by atoms with Gasteiger partial charge in [-0.15, -0.1) is 0 Å². The predicted molar refractivity (Wildman–Crippen MR) is 70.0 cm³/mol. The van der Waals surface area contributed by atoms with Crippen LogP contribution in [0.5, 0.6) is 0 Å². The van der Waals surface area contributed by atoms with Gasteiger partial charge in [0.25, 0.3) is 0 Å². The highest BCUT2D eigenvalue weighted by molar-refractivity contribution is 5.98. The number of hydrogen-bond acceptors (Lipinski definition) is 3. The molecular formula is C14H17NO3. The van der Waals surface area contributed by atoms with Crippen molar-refractivity contribution < 1.29 is 9.21 Å². The Morgan fingerprint density at radius 1 is 1.33 bits per heavy atom. The van der Waals surface area contributed by atoms with Crippen molar-refractivity contribution in [2.75, 3.05) is 0 Å². The number of oxazole rings is 1. The van der Waals surface area contributed by atoms with Crippen LogP contribution in [0, 0.1) is 0 Å². The zero-order valence-electron chi connectivity index (χ0n) is 10.7. The Labute approximate surface area is 105 Å². The zero-order chi connectivity index (χ0) is 13.1. The van der Waals surface area contributed by atoms with Crippen molar-refractivity contribution in [2.45, 2.75) is 39.7 Å². The van der Waals surface area contributed by atoms with Crippen molar-refractivity contribution in [3.63, 3.8) is 0 Å². The van der Waals surface area contributed by atoms with Crippen LogP contribution in [-0.4, -0.2) is 10.4 Å². The van der Waals surface area contributed by atoms with Gasteiger partial charge in [0.15, 0.2) is 11.4 Å². The summed E-state index contributed by atoms with van der Waals surface area (Å²) in [6.07, 6.45) is 2.42. The number of aryl methyl sites for hydroxylation is 1. The molecule has 1 heterocycles. The standard InChI is InChI=1S/C14H17NO3/c1-3-5-6-12(16)10-7-8-11-13(9-10)18-14(17)15(11)4-2/h7-9H,3-6H2,1-2H3. The number of carbonyl (C=O) groups is 1. The summed E-state index contributed by atoms with van der Waals surface area (Å²) in [5.74, 6) is -0.267. The molecule has 0 saturated heterocycles. The largest absolute Gasteiger partial charge is 0.419 e. The van der Waals surface area contributed by atoms with Crippen LogP contribution in [0.15, 0.2) is 27.4 Å². The number of Topliss-reactive ketones (excluding diaryl/α,β-unsaturated/α-hetero) is 1. The van der Waals surface area contributed by atoms with E-state index in [-0.39, 0.29) is 11.5 Å². The van der Waals surface area contributed by atoms with Crippen LogP contribution in [-0.2, 0) is 6.54 Å². The van der Waals surface area contributed by atoms with E-state index in [0.29, 0.717) is 24.1 Å². The summed E-state index contributed by atoms with van der Waals surface area (Å²) in [6, 6.07) is 5.21. The minimum Gasteiger partial charge on any atom is -0.408 e. The molecule has 1 aromatic carbocycles. The quantitative estimate of drug-likeness (QED) is 0.763. The number of rotatable bonds is 5. The Morgan fingerprint density at radius 3 is 2.78 bits per heavy atom. The Kier molecular flexibility index (Phi) is 3.65. The third kappa shape index (κ3) is 2.23. The summed E-state index contributed by atoms with van der Waals surface area (Å²) in [5, 5.41) is 0. The lowest BCUT2D eigenvalue weighted by Gasteiger charge is -2.00. The number of aromatic nitrogens is 1. The van der Waals surface area contributed by atoms with Gasteiger partial charge in [0.05, 0.1) is 5.52 Å². The van der Waals surface area contributed by atoms with Gasteiger partial charge < -0.3 is 4.42 Å². The molecule has 1 aromatic heterocycles. The fourth-order valence-corrected chi connectivity index (χ4v) is 2.02. The molecule has 0 N–H and O–H groups in total. The minimum absolute atomic E-state index is 0.102. The van der Waals surface area contributed by atoms with Crippen molar-refractivity contribution in [1.29, 1.82) is 0 Å². The molecule has 0 aliphatic heterocycles. The van der Waals surface area contributed by atoms with Crippen molar-refractivity contribution in [3.05, 3.63) is 34.3 Å². The van der Waals surface area contributed by atoms with E-state index >= 15 is 0 Å². The normalized spacial score (nSPS) is 11.0. The second kappa shape index (κ2) is 5.21. The number of benzene rings is 1. The second-order valence-electron chi connectivity index (χ2n) is 4.32. The molecule has 18 heavy (non-hydrogen) atoms. The van der Waals surface area contributed by atoms with Crippen LogP contribution in [0.2, 0.25) is 0 Å². The zero-order valence-corrected chi connectivity index (χ0v) is 10.7. The van der Waals surface area contributed by atoms with Crippen LogP contribution in [0.25, 0.3) is 11.1 Å². The van der Waals surface area contributed by atoms with E-state index in [0.717, 1.165) is 18.4 Å². The summed E-state index contributed by atoms with van der Waals surface area (Å²) in [4.78, 5) is 23.4. The minimum atomic E-state index is -0.370. The van der Waals surface area contributed by atoms with E-state index in [1.165, 1.54) is 0 Å². The fraction of sp³-hybridized carbons (Fsp3) is 0.429. The number of nitrogens with zero attached hydrogens (tertiary/aromatic N) is 1. The smallest absolute Gasteiger partial charge is 0.408 e. The summed E-state index contributed by atoms with van der Waals surface area (Å²) in [6.45, 7) is 4.50. The molecule has 0 aliphatic rings. The predicted octanol–water partition coefficient (Wildman–Crippen LogP) is 2.99.